The first kappa shape index (κ1) is 27.3. The number of alkyl halides is 3. The van der Waals surface area contributed by atoms with Gasteiger partial charge in [0.25, 0.3) is 5.92 Å². The number of aliphatic hydroxyl groups excluding tert-OH is 1. The molecule has 0 fully saturated rings. The molecule has 2 aromatic carbocycles. The van der Waals surface area contributed by atoms with E-state index < -0.39 is 60.8 Å². The van der Waals surface area contributed by atoms with Gasteiger partial charge in [-0.25, -0.2) is 22.0 Å². The normalized spacial score (nSPS) is 18.4. The maximum absolute atomic E-state index is 15.8. The van der Waals surface area contributed by atoms with Crippen molar-refractivity contribution in [1.82, 2.24) is 15.2 Å². The standard InChI is InChI=1S/C26H29F6N3O2/c1-15-12-17-16-4-2-5-19(29)23(16)34-24(17)25(35(15)13-26(31,32)14-36)21-18(28)6-7-20(22(21)30)37-11-10-33-9-3-8-27/h2,4-7,15,25,33-34,36H,3,8-14H2,1H3/t15-,25?/m1/s1. The number of aromatic nitrogens is 1. The van der Waals surface area contributed by atoms with Gasteiger partial charge >= 0.3 is 0 Å². The van der Waals surface area contributed by atoms with Gasteiger partial charge in [0, 0.05) is 23.7 Å². The van der Waals surface area contributed by atoms with Gasteiger partial charge in [-0.05, 0) is 50.1 Å². The van der Waals surface area contributed by atoms with Crippen LogP contribution in [0.1, 0.15) is 36.2 Å². The van der Waals surface area contributed by atoms with Crippen LogP contribution in [-0.4, -0.2) is 66.5 Å². The monoisotopic (exact) mass is 529 g/mol. The van der Waals surface area contributed by atoms with Crippen LogP contribution in [0.3, 0.4) is 0 Å². The second-order valence-corrected chi connectivity index (χ2v) is 9.24. The van der Waals surface area contributed by atoms with Crippen LogP contribution in [0.25, 0.3) is 10.9 Å². The van der Waals surface area contributed by atoms with E-state index in [4.69, 9.17) is 4.74 Å². The highest BCUT2D eigenvalue weighted by Crippen LogP contribution is 2.44. The summed E-state index contributed by atoms with van der Waals surface area (Å²) >= 11 is 0. The van der Waals surface area contributed by atoms with E-state index in [2.05, 4.69) is 10.3 Å². The topological polar surface area (TPSA) is 60.5 Å². The Hall–Kier alpha value is -2.76. The highest BCUT2D eigenvalue weighted by molar-refractivity contribution is 5.86. The summed E-state index contributed by atoms with van der Waals surface area (Å²) in [6.45, 7) is -0.562. The summed E-state index contributed by atoms with van der Waals surface area (Å²) in [5.74, 6) is -6.45. The Morgan fingerprint density at radius 3 is 2.65 bits per heavy atom. The Morgan fingerprint density at radius 2 is 1.92 bits per heavy atom. The van der Waals surface area contributed by atoms with Crippen molar-refractivity contribution in [3.8, 4) is 5.75 Å². The van der Waals surface area contributed by atoms with Gasteiger partial charge in [-0.3, -0.25) is 9.29 Å². The number of benzene rings is 2. The molecule has 3 N–H and O–H groups in total. The van der Waals surface area contributed by atoms with Crippen LogP contribution in [0.4, 0.5) is 26.3 Å². The summed E-state index contributed by atoms with van der Waals surface area (Å²) < 4.78 is 92.2. The summed E-state index contributed by atoms with van der Waals surface area (Å²) in [5.41, 5.74) is 0.386. The maximum atomic E-state index is 15.8. The third kappa shape index (κ3) is 5.58. The van der Waals surface area contributed by atoms with Crippen LogP contribution in [0.2, 0.25) is 0 Å². The fourth-order valence-corrected chi connectivity index (χ4v) is 4.88. The van der Waals surface area contributed by atoms with Gasteiger partial charge in [0.15, 0.2) is 11.6 Å². The number of ether oxygens (including phenoxy) is 1. The molecule has 0 bridgehead atoms. The number of aliphatic hydroxyl groups is 1. The van der Waals surface area contributed by atoms with E-state index in [0.29, 0.717) is 23.9 Å². The molecule has 202 valence electrons. The van der Waals surface area contributed by atoms with Gasteiger partial charge < -0.3 is 20.1 Å². The summed E-state index contributed by atoms with van der Waals surface area (Å²) in [5, 5.41) is 12.6. The second kappa shape index (κ2) is 11.3. The van der Waals surface area contributed by atoms with Crippen LogP contribution in [0.15, 0.2) is 30.3 Å². The first-order chi connectivity index (χ1) is 17.7. The van der Waals surface area contributed by atoms with Crippen molar-refractivity contribution >= 4 is 10.9 Å². The van der Waals surface area contributed by atoms with Crippen LogP contribution in [0, 0.1) is 17.5 Å². The third-order valence-corrected chi connectivity index (χ3v) is 6.63. The van der Waals surface area contributed by atoms with Gasteiger partial charge in [-0.2, -0.15) is 0 Å². The smallest absolute Gasteiger partial charge is 0.283 e. The maximum Gasteiger partial charge on any atom is 0.283 e. The van der Waals surface area contributed by atoms with Crippen molar-refractivity contribution in [3.05, 3.63) is 64.6 Å². The minimum atomic E-state index is -3.55. The molecular weight excluding hydrogens is 500 g/mol. The molecule has 0 saturated carbocycles. The first-order valence-corrected chi connectivity index (χ1v) is 12.1. The fraction of sp³-hybridized carbons (Fsp3) is 0.462. The van der Waals surface area contributed by atoms with Gasteiger partial charge in [0.1, 0.15) is 24.8 Å². The van der Waals surface area contributed by atoms with Crippen LogP contribution < -0.4 is 10.1 Å². The second-order valence-electron chi connectivity index (χ2n) is 9.24. The number of H-pyrrole nitrogens is 1. The minimum Gasteiger partial charge on any atom is -0.489 e. The third-order valence-electron chi connectivity index (χ3n) is 6.63. The zero-order chi connectivity index (χ0) is 26.7. The van der Waals surface area contributed by atoms with Crippen molar-refractivity contribution in [2.24, 2.45) is 0 Å². The number of hydrogen-bond donors (Lipinski definition) is 3. The van der Waals surface area contributed by atoms with Crippen molar-refractivity contribution in [2.45, 2.75) is 37.8 Å². The Labute approximate surface area is 210 Å². The molecular formula is C26H29F6N3O2. The van der Waals surface area contributed by atoms with E-state index in [-0.39, 0.29) is 36.5 Å². The highest BCUT2D eigenvalue weighted by atomic mass is 19.3. The zero-order valence-corrected chi connectivity index (χ0v) is 20.3. The van der Waals surface area contributed by atoms with E-state index in [1.807, 2.05) is 0 Å². The SMILES string of the molecule is C[C@@H]1Cc2c([nH]c3c(F)cccc23)C(c2c(F)ccc(OCCNCCCF)c2F)N1CC(F)(F)CO. The van der Waals surface area contributed by atoms with Crippen LogP contribution in [-0.2, 0) is 6.42 Å². The summed E-state index contributed by atoms with van der Waals surface area (Å²) in [7, 11) is 0. The molecule has 0 amide bonds. The quantitative estimate of drug-likeness (QED) is 0.245. The first-order valence-electron chi connectivity index (χ1n) is 12.1. The molecule has 1 aliphatic rings. The Balaban J connectivity index is 1.78. The largest absolute Gasteiger partial charge is 0.489 e. The van der Waals surface area contributed by atoms with E-state index >= 15 is 8.78 Å². The van der Waals surface area contributed by atoms with Crippen LogP contribution >= 0.6 is 0 Å². The minimum absolute atomic E-state index is 0.00446. The Kier molecular flexibility index (Phi) is 8.35. The van der Waals surface area contributed by atoms with E-state index in [1.165, 1.54) is 17.0 Å². The number of halogens is 6. The highest BCUT2D eigenvalue weighted by Gasteiger charge is 2.44. The van der Waals surface area contributed by atoms with E-state index in [1.54, 1.807) is 13.0 Å². The number of rotatable bonds is 11. The summed E-state index contributed by atoms with van der Waals surface area (Å²) in [6.07, 6.45) is 0.539. The van der Waals surface area contributed by atoms with E-state index in [0.717, 1.165) is 12.1 Å². The molecule has 37 heavy (non-hydrogen) atoms. The Bertz CT molecular complexity index is 1230. The Morgan fingerprint density at radius 1 is 1.14 bits per heavy atom. The van der Waals surface area contributed by atoms with Gasteiger partial charge in [-0.1, -0.05) is 12.1 Å². The molecule has 0 saturated heterocycles. The van der Waals surface area contributed by atoms with Gasteiger partial charge in [-0.15, -0.1) is 0 Å². The fourth-order valence-electron chi connectivity index (χ4n) is 4.88. The van der Waals surface area contributed by atoms with Crippen molar-refractivity contribution in [2.75, 3.05) is 39.5 Å². The van der Waals surface area contributed by atoms with E-state index in [9.17, 15) is 22.7 Å². The molecule has 0 spiro atoms. The van der Waals surface area contributed by atoms with Crippen LogP contribution in [0.5, 0.6) is 5.75 Å². The lowest BCUT2D eigenvalue weighted by molar-refractivity contribution is -0.0869. The zero-order valence-electron chi connectivity index (χ0n) is 20.3. The molecule has 5 nitrogen and oxygen atoms in total. The molecule has 0 aliphatic carbocycles. The van der Waals surface area contributed by atoms with Crippen molar-refractivity contribution in [1.29, 1.82) is 0 Å². The predicted molar refractivity (Wildman–Crippen MR) is 127 cm³/mol. The molecule has 4 rings (SSSR count). The lowest BCUT2D eigenvalue weighted by atomic mass is 9.87. The number of hydrogen-bond acceptors (Lipinski definition) is 4. The molecule has 0 radical (unpaired) electrons. The van der Waals surface area contributed by atoms with Crippen molar-refractivity contribution in [3.63, 3.8) is 0 Å². The molecule has 1 aliphatic heterocycles. The molecule has 3 aromatic rings. The number of para-hydroxylation sites is 1. The summed E-state index contributed by atoms with van der Waals surface area (Å²) in [6, 6.07) is 4.52. The average molecular weight is 530 g/mol. The van der Waals surface area contributed by atoms with Crippen molar-refractivity contribution < 1.29 is 36.2 Å². The summed E-state index contributed by atoms with van der Waals surface area (Å²) in [4.78, 5) is 4.11. The van der Waals surface area contributed by atoms with Gasteiger partial charge in [0.2, 0.25) is 0 Å². The molecule has 1 unspecified atom stereocenters. The molecule has 2 atom stereocenters. The number of fused-ring (bicyclic) bond motifs is 3. The molecule has 2 heterocycles. The lowest BCUT2D eigenvalue weighted by Gasteiger charge is -2.42. The number of nitrogens with one attached hydrogen (secondary N) is 2. The lowest BCUT2D eigenvalue weighted by Crippen LogP contribution is -2.49. The predicted octanol–water partition coefficient (Wildman–Crippen LogP) is 4.88. The molecule has 11 heteroatoms. The molecule has 1 aromatic heterocycles. The number of aromatic amines is 1. The average Bonchev–Trinajstić information content (AvgIpc) is 3.23. The van der Waals surface area contributed by atoms with Gasteiger partial charge in [0.05, 0.1) is 30.3 Å². The number of nitrogens with zero attached hydrogens (tertiary/aromatic N) is 1.